The van der Waals surface area contributed by atoms with Crippen molar-refractivity contribution in [3.8, 4) is 0 Å². The van der Waals surface area contributed by atoms with E-state index in [2.05, 4.69) is 23.1 Å². The number of hydrogen-bond donors (Lipinski definition) is 1. The molecule has 28 heavy (non-hydrogen) atoms. The second-order valence-electron chi connectivity index (χ2n) is 8.26. The van der Waals surface area contributed by atoms with E-state index in [4.69, 9.17) is 11.6 Å². The van der Waals surface area contributed by atoms with Crippen LogP contribution in [-0.2, 0) is 16.2 Å². The monoisotopic (exact) mass is 422 g/mol. The van der Waals surface area contributed by atoms with E-state index in [-0.39, 0.29) is 18.0 Å². The summed E-state index contributed by atoms with van der Waals surface area (Å²) in [5, 5.41) is 0.702. The molecule has 1 saturated heterocycles. The summed E-state index contributed by atoms with van der Waals surface area (Å²) in [6.07, 6.45) is 6.54. The van der Waals surface area contributed by atoms with Crippen molar-refractivity contribution in [2.24, 2.45) is 11.3 Å². The second kappa shape index (κ2) is 9.21. The molecule has 2 aliphatic rings. The van der Waals surface area contributed by atoms with Crippen LogP contribution in [-0.4, -0.2) is 33.7 Å². The van der Waals surface area contributed by atoms with Crippen molar-refractivity contribution in [1.29, 1.82) is 0 Å². The Morgan fingerprint density at radius 2 is 2.07 bits per heavy atom. The topological polar surface area (TPSA) is 55.4 Å². The second-order valence-corrected chi connectivity index (χ2v) is 10.3. The lowest BCUT2D eigenvalue weighted by atomic mass is 9.74. The van der Waals surface area contributed by atoms with Gasteiger partial charge in [-0.2, -0.15) is 0 Å². The van der Waals surface area contributed by atoms with Gasteiger partial charge >= 0.3 is 0 Å². The molecule has 4 nitrogen and oxygen atoms in total. The largest absolute Gasteiger partial charge is 0.598 e. The average molecular weight is 423 g/mol. The van der Waals surface area contributed by atoms with Crippen molar-refractivity contribution < 1.29 is 9.35 Å². The predicted molar refractivity (Wildman–Crippen MR) is 116 cm³/mol. The molecule has 1 aromatic carbocycles. The molecule has 0 spiro atoms. The number of hydrogen-bond acceptors (Lipinski definition) is 3. The highest BCUT2D eigenvalue weighted by atomic mass is 35.5. The van der Waals surface area contributed by atoms with Gasteiger partial charge < -0.3 is 9.45 Å². The molecule has 3 rings (SSSR count). The third-order valence-corrected chi connectivity index (χ3v) is 7.41. The van der Waals surface area contributed by atoms with Crippen LogP contribution in [0.15, 0.2) is 36.9 Å². The molecule has 4 atom stereocenters. The van der Waals surface area contributed by atoms with Gasteiger partial charge in [0.1, 0.15) is 5.75 Å². The molecule has 1 heterocycles. The van der Waals surface area contributed by atoms with Crippen molar-refractivity contribution in [3.05, 3.63) is 47.5 Å². The summed E-state index contributed by atoms with van der Waals surface area (Å²) in [6.45, 7) is 8.41. The summed E-state index contributed by atoms with van der Waals surface area (Å²) in [4.78, 5) is 15.8. The maximum Gasteiger partial charge on any atom is 0.229 e. The first kappa shape index (κ1) is 21.7. The summed E-state index contributed by atoms with van der Waals surface area (Å²) in [7, 11) is 0. The summed E-state index contributed by atoms with van der Waals surface area (Å²) in [6, 6.07) is 7.95. The van der Waals surface area contributed by atoms with Crippen LogP contribution in [0.5, 0.6) is 0 Å². The third-order valence-electron chi connectivity index (χ3n) is 6.14. The number of carbonyl (C=O) groups excluding carboxylic acids is 1. The van der Waals surface area contributed by atoms with E-state index in [1.54, 1.807) is 0 Å². The number of piperidine rings is 1. The number of carbonyl (C=O) groups is 1. The van der Waals surface area contributed by atoms with Gasteiger partial charge in [-0.3, -0.25) is 4.79 Å². The van der Waals surface area contributed by atoms with Crippen LogP contribution in [0.3, 0.4) is 0 Å². The molecule has 0 bridgehead atoms. The Morgan fingerprint density at radius 3 is 2.64 bits per heavy atom. The first-order valence-corrected chi connectivity index (χ1v) is 11.9. The van der Waals surface area contributed by atoms with E-state index >= 15 is 0 Å². The van der Waals surface area contributed by atoms with Gasteiger partial charge in [-0.25, -0.2) is 0 Å². The number of halogens is 1. The number of rotatable bonds is 9. The van der Waals surface area contributed by atoms with Crippen molar-refractivity contribution in [2.75, 3.05) is 12.3 Å². The Bertz CT molecular complexity index is 694. The molecular weight excluding hydrogens is 392 g/mol. The molecule has 154 valence electrons. The highest BCUT2D eigenvalue weighted by Crippen LogP contribution is 2.47. The SMILES string of the molecule is C=CC[C@@]1(C)CC[C@@H](c2ccc(Cl)cc2)N(C(CN[S+]([O-])CC)C2CC2)C1=O. The minimum atomic E-state index is -1.06. The summed E-state index contributed by atoms with van der Waals surface area (Å²) < 4.78 is 15.2. The molecule has 0 aromatic heterocycles. The highest BCUT2D eigenvalue weighted by Gasteiger charge is 2.49. The van der Waals surface area contributed by atoms with Gasteiger partial charge in [-0.1, -0.05) is 36.7 Å². The van der Waals surface area contributed by atoms with E-state index < -0.39 is 16.8 Å². The maximum absolute atomic E-state index is 13.7. The molecule has 1 saturated carbocycles. The van der Waals surface area contributed by atoms with Crippen LogP contribution in [0, 0.1) is 11.3 Å². The van der Waals surface area contributed by atoms with Crippen LogP contribution in [0.25, 0.3) is 0 Å². The van der Waals surface area contributed by atoms with Gasteiger partial charge in [0.25, 0.3) is 0 Å². The van der Waals surface area contributed by atoms with Crippen LogP contribution in [0.2, 0.25) is 5.02 Å². The van der Waals surface area contributed by atoms with Crippen molar-refractivity contribution in [2.45, 2.75) is 58.0 Å². The first-order chi connectivity index (χ1) is 13.4. The van der Waals surface area contributed by atoms with Gasteiger partial charge in [-0.15, -0.1) is 11.3 Å². The zero-order valence-electron chi connectivity index (χ0n) is 16.8. The Hall–Kier alpha value is -1.01. The van der Waals surface area contributed by atoms with E-state index in [1.165, 1.54) is 0 Å². The first-order valence-electron chi connectivity index (χ1n) is 10.2. The smallest absolute Gasteiger partial charge is 0.229 e. The lowest BCUT2D eigenvalue weighted by molar-refractivity contribution is -0.153. The summed E-state index contributed by atoms with van der Waals surface area (Å²) in [5.41, 5.74) is 0.711. The van der Waals surface area contributed by atoms with Gasteiger partial charge in [0, 0.05) is 16.4 Å². The molecule has 2 unspecified atom stereocenters. The van der Waals surface area contributed by atoms with E-state index in [9.17, 15) is 9.35 Å². The molecule has 1 aliphatic heterocycles. The Labute approximate surface area is 177 Å². The van der Waals surface area contributed by atoms with Crippen LogP contribution < -0.4 is 4.72 Å². The number of allylic oxidation sites excluding steroid dienone is 1. The number of nitrogens with one attached hydrogen (secondary N) is 1. The highest BCUT2D eigenvalue weighted by molar-refractivity contribution is 7.89. The fourth-order valence-corrected chi connectivity index (χ4v) is 5.00. The normalized spacial score (nSPS) is 27.5. The van der Waals surface area contributed by atoms with Gasteiger partial charge in [-0.05, 0) is 62.6 Å². The standard InChI is InChI=1S/C22H31ClN2O2S/c1-4-13-22(3)14-12-19(16-8-10-18(23)11-9-16)25(21(22)26)20(17-6-7-17)15-24-28(27)5-2/h4,8-11,17,19-20,24H,1,5-7,12-15H2,2-3H3/t19-,20?,22-,28?/m0/s1. The van der Waals surface area contributed by atoms with Crippen molar-refractivity contribution >= 4 is 28.9 Å². The van der Waals surface area contributed by atoms with Crippen molar-refractivity contribution in [1.82, 2.24) is 9.62 Å². The minimum Gasteiger partial charge on any atom is -0.598 e. The Morgan fingerprint density at radius 1 is 1.39 bits per heavy atom. The van der Waals surface area contributed by atoms with Crippen LogP contribution in [0.1, 0.15) is 57.6 Å². The Kier molecular flexibility index (Phi) is 7.13. The molecule has 1 N–H and O–H groups in total. The van der Waals surface area contributed by atoms with E-state index in [0.29, 0.717) is 29.7 Å². The lowest BCUT2D eigenvalue weighted by Gasteiger charge is -2.48. The molecule has 6 heteroatoms. The Balaban J connectivity index is 1.93. The number of benzene rings is 1. The van der Waals surface area contributed by atoms with Gasteiger partial charge in [0.15, 0.2) is 0 Å². The molecular formula is C22H31ClN2O2S. The van der Waals surface area contributed by atoms with E-state index in [1.807, 2.05) is 37.3 Å². The van der Waals surface area contributed by atoms with Crippen LogP contribution >= 0.6 is 11.6 Å². The third kappa shape index (κ3) is 4.76. The minimum absolute atomic E-state index is 0.0325. The predicted octanol–water partition coefficient (Wildman–Crippen LogP) is 4.64. The number of nitrogens with zero attached hydrogens (tertiary/aromatic N) is 1. The molecule has 0 radical (unpaired) electrons. The zero-order chi connectivity index (χ0) is 20.3. The molecule has 1 aliphatic carbocycles. The fraction of sp³-hybridized carbons (Fsp3) is 0.591. The van der Waals surface area contributed by atoms with Crippen molar-refractivity contribution in [3.63, 3.8) is 0 Å². The van der Waals surface area contributed by atoms with Crippen LogP contribution in [0.4, 0.5) is 0 Å². The van der Waals surface area contributed by atoms with Gasteiger partial charge in [0.05, 0.1) is 24.0 Å². The summed E-state index contributed by atoms with van der Waals surface area (Å²) >= 11 is 5.04. The molecule has 2 fully saturated rings. The van der Waals surface area contributed by atoms with E-state index in [0.717, 1.165) is 31.2 Å². The lowest BCUT2D eigenvalue weighted by Crippen LogP contribution is -2.56. The quantitative estimate of drug-likeness (QED) is 0.466. The zero-order valence-corrected chi connectivity index (χ0v) is 18.4. The fourth-order valence-electron chi connectivity index (χ4n) is 4.31. The number of amides is 1. The average Bonchev–Trinajstić information content (AvgIpc) is 3.51. The summed E-state index contributed by atoms with van der Waals surface area (Å²) in [5.74, 6) is 1.24. The number of likely N-dealkylation sites (tertiary alicyclic amines) is 1. The van der Waals surface area contributed by atoms with Gasteiger partial charge in [0.2, 0.25) is 5.91 Å². The maximum atomic E-state index is 13.7. The molecule has 1 aromatic rings. The molecule has 1 amide bonds.